The normalized spacial score (nSPS) is 10.4. The molecule has 0 aliphatic heterocycles. The van der Waals surface area contributed by atoms with Gasteiger partial charge in [0.05, 0.1) is 10.0 Å². The molecule has 0 atom stereocenters. The van der Waals surface area contributed by atoms with Gasteiger partial charge in [-0.05, 0) is 30.7 Å². The number of rotatable bonds is 1. The maximum absolute atomic E-state index is 9.92. The number of aromatic nitrogens is 1. The molecule has 1 heterocycles. The summed E-state index contributed by atoms with van der Waals surface area (Å²) in [5.41, 5.74) is 1.71. The zero-order valence-electron chi connectivity index (χ0n) is 8.54. The Kier molecular flexibility index (Phi) is 3.03. The Morgan fingerprint density at radius 2 is 1.75 bits per heavy atom. The number of aryl methyl sites for hydroxylation is 1. The molecule has 0 bridgehead atoms. The Hall–Kier alpha value is -1.25. The van der Waals surface area contributed by atoms with Gasteiger partial charge in [-0.1, -0.05) is 29.3 Å². The predicted molar refractivity (Wildman–Crippen MR) is 66.1 cm³/mol. The van der Waals surface area contributed by atoms with E-state index in [1.165, 1.54) is 0 Å². The topological polar surface area (TPSA) is 33.1 Å². The maximum atomic E-state index is 9.92. The van der Waals surface area contributed by atoms with Crippen LogP contribution < -0.4 is 0 Å². The Bertz CT molecular complexity index is 520. The molecule has 0 fully saturated rings. The Balaban J connectivity index is 2.73. The van der Waals surface area contributed by atoms with Gasteiger partial charge in [-0.25, -0.2) is 0 Å². The quantitative estimate of drug-likeness (QED) is 0.832. The van der Waals surface area contributed by atoms with Crippen LogP contribution in [0.3, 0.4) is 0 Å². The van der Waals surface area contributed by atoms with Gasteiger partial charge in [0.2, 0.25) is 0 Å². The van der Waals surface area contributed by atoms with Crippen molar-refractivity contribution in [3.8, 4) is 17.0 Å². The predicted octanol–water partition coefficient (Wildman–Crippen LogP) is 4.07. The highest BCUT2D eigenvalue weighted by molar-refractivity contribution is 6.39. The number of benzene rings is 1. The van der Waals surface area contributed by atoms with Crippen molar-refractivity contribution in [1.82, 2.24) is 4.98 Å². The van der Waals surface area contributed by atoms with Crippen LogP contribution in [0.5, 0.6) is 5.75 Å². The minimum Gasteiger partial charge on any atom is -0.505 e. The van der Waals surface area contributed by atoms with Crippen molar-refractivity contribution in [3.05, 3.63) is 46.1 Å². The van der Waals surface area contributed by atoms with Crippen LogP contribution in [0.4, 0.5) is 0 Å². The van der Waals surface area contributed by atoms with E-state index in [1.54, 1.807) is 37.4 Å². The molecule has 1 aromatic carbocycles. The van der Waals surface area contributed by atoms with E-state index >= 15 is 0 Å². The molecule has 4 heteroatoms. The monoisotopic (exact) mass is 253 g/mol. The van der Waals surface area contributed by atoms with Gasteiger partial charge >= 0.3 is 0 Å². The van der Waals surface area contributed by atoms with Crippen LogP contribution in [0.15, 0.2) is 30.5 Å². The van der Waals surface area contributed by atoms with Crippen molar-refractivity contribution in [2.45, 2.75) is 6.92 Å². The molecule has 1 N–H and O–H groups in total. The van der Waals surface area contributed by atoms with Crippen molar-refractivity contribution in [2.24, 2.45) is 0 Å². The average Bonchev–Trinajstić information content (AvgIpc) is 2.24. The third-order valence-corrected chi connectivity index (χ3v) is 2.96. The summed E-state index contributed by atoms with van der Waals surface area (Å²) in [6.45, 7) is 1.80. The van der Waals surface area contributed by atoms with E-state index in [-0.39, 0.29) is 5.75 Å². The molecule has 0 amide bonds. The smallest absolute Gasteiger partial charge is 0.144 e. The highest BCUT2D eigenvalue weighted by Gasteiger charge is 2.14. The molecule has 82 valence electrons. The van der Waals surface area contributed by atoms with Crippen LogP contribution in [0, 0.1) is 6.92 Å². The van der Waals surface area contributed by atoms with Gasteiger partial charge in [0, 0.05) is 11.8 Å². The van der Waals surface area contributed by atoms with Crippen molar-refractivity contribution >= 4 is 23.2 Å². The molecule has 1 aromatic heterocycles. The number of aromatic hydroxyl groups is 1. The summed E-state index contributed by atoms with van der Waals surface area (Å²) in [4.78, 5) is 4.11. The summed E-state index contributed by atoms with van der Waals surface area (Å²) >= 11 is 12.1. The van der Waals surface area contributed by atoms with Gasteiger partial charge in [-0.15, -0.1) is 0 Å². The number of pyridine rings is 1. The van der Waals surface area contributed by atoms with E-state index in [9.17, 15) is 5.11 Å². The van der Waals surface area contributed by atoms with Crippen LogP contribution in [0.1, 0.15) is 5.56 Å². The molecule has 0 unspecified atom stereocenters. The first kappa shape index (κ1) is 11.2. The largest absolute Gasteiger partial charge is 0.505 e. The third kappa shape index (κ3) is 1.86. The number of hydrogen-bond acceptors (Lipinski definition) is 2. The molecular formula is C12H9Cl2NO. The lowest BCUT2D eigenvalue weighted by Gasteiger charge is -2.09. The summed E-state index contributed by atoms with van der Waals surface area (Å²) < 4.78 is 0. The summed E-state index contributed by atoms with van der Waals surface area (Å²) in [6.07, 6.45) is 1.62. The fourth-order valence-corrected chi connectivity index (χ4v) is 2.03. The zero-order valence-corrected chi connectivity index (χ0v) is 10.0. The molecule has 2 aromatic rings. The highest BCUT2D eigenvalue weighted by atomic mass is 35.5. The van der Waals surface area contributed by atoms with E-state index < -0.39 is 0 Å². The standard InChI is InChI=1S/C12H9Cl2NO/c1-7-5-6-15-11(12(7)16)10-8(13)3-2-4-9(10)14/h2-6,16H,1H3. The van der Waals surface area contributed by atoms with Crippen molar-refractivity contribution < 1.29 is 5.11 Å². The molecule has 2 nitrogen and oxygen atoms in total. The molecule has 16 heavy (non-hydrogen) atoms. The molecule has 0 aliphatic rings. The first-order chi connectivity index (χ1) is 7.61. The van der Waals surface area contributed by atoms with Crippen molar-refractivity contribution in [3.63, 3.8) is 0 Å². The lowest BCUT2D eigenvalue weighted by atomic mass is 10.1. The van der Waals surface area contributed by atoms with Crippen molar-refractivity contribution in [1.29, 1.82) is 0 Å². The maximum Gasteiger partial charge on any atom is 0.144 e. The average molecular weight is 254 g/mol. The SMILES string of the molecule is Cc1ccnc(-c2c(Cl)cccc2Cl)c1O. The second-order valence-electron chi connectivity index (χ2n) is 3.42. The van der Waals surface area contributed by atoms with Crippen LogP contribution in [0.25, 0.3) is 11.3 Å². The fourth-order valence-electron chi connectivity index (χ4n) is 1.46. The molecule has 2 rings (SSSR count). The summed E-state index contributed by atoms with van der Waals surface area (Å²) in [5.74, 6) is 0.109. The summed E-state index contributed by atoms with van der Waals surface area (Å²) in [5, 5.41) is 10.9. The first-order valence-electron chi connectivity index (χ1n) is 4.70. The van der Waals surface area contributed by atoms with Crippen molar-refractivity contribution in [2.75, 3.05) is 0 Å². The first-order valence-corrected chi connectivity index (χ1v) is 5.46. The summed E-state index contributed by atoms with van der Waals surface area (Å²) in [6, 6.07) is 6.91. The number of halogens is 2. The number of hydrogen-bond donors (Lipinski definition) is 1. The van der Waals surface area contributed by atoms with Gasteiger partial charge in [0.1, 0.15) is 11.4 Å². The van der Waals surface area contributed by atoms with E-state index in [0.717, 1.165) is 5.56 Å². The van der Waals surface area contributed by atoms with Crippen LogP contribution in [0.2, 0.25) is 10.0 Å². The fraction of sp³-hybridized carbons (Fsp3) is 0.0833. The van der Waals surface area contributed by atoms with Crippen LogP contribution in [-0.4, -0.2) is 10.1 Å². The molecule has 0 saturated carbocycles. The number of nitrogens with zero attached hydrogens (tertiary/aromatic N) is 1. The van der Waals surface area contributed by atoms with Gasteiger partial charge < -0.3 is 5.11 Å². The Morgan fingerprint density at radius 3 is 2.38 bits per heavy atom. The Labute approximate surface area is 103 Å². The van der Waals surface area contributed by atoms with Gasteiger partial charge in [-0.3, -0.25) is 4.98 Å². The van der Waals surface area contributed by atoms with E-state index in [0.29, 0.717) is 21.3 Å². The second kappa shape index (κ2) is 4.32. The van der Waals surface area contributed by atoms with E-state index in [4.69, 9.17) is 23.2 Å². The molecule has 0 saturated heterocycles. The van der Waals surface area contributed by atoms with Gasteiger partial charge in [-0.2, -0.15) is 0 Å². The lowest BCUT2D eigenvalue weighted by molar-refractivity contribution is 0.471. The molecule has 0 radical (unpaired) electrons. The summed E-state index contributed by atoms with van der Waals surface area (Å²) in [7, 11) is 0. The zero-order chi connectivity index (χ0) is 11.7. The van der Waals surface area contributed by atoms with Crippen LogP contribution >= 0.6 is 23.2 Å². The van der Waals surface area contributed by atoms with E-state index in [2.05, 4.69) is 4.98 Å². The molecule has 0 spiro atoms. The minimum atomic E-state index is 0.109. The second-order valence-corrected chi connectivity index (χ2v) is 4.24. The highest BCUT2D eigenvalue weighted by Crippen LogP contribution is 2.38. The van der Waals surface area contributed by atoms with E-state index in [1.807, 2.05) is 0 Å². The van der Waals surface area contributed by atoms with Gasteiger partial charge in [0.15, 0.2) is 0 Å². The van der Waals surface area contributed by atoms with Gasteiger partial charge in [0.25, 0.3) is 0 Å². The Morgan fingerprint density at radius 1 is 1.12 bits per heavy atom. The molecule has 0 aliphatic carbocycles. The lowest BCUT2D eigenvalue weighted by Crippen LogP contribution is -1.88. The van der Waals surface area contributed by atoms with Crippen LogP contribution in [-0.2, 0) is 0 Å². The minimum absolute atomic E-state index is 0.109. The molecular weight excluding hydrogens is 245 g/mol. The third-order valence-electron chi connectivity index (χ3n) is 2.33.